The lowest BCUT2D eigenvalue weighted by atomic mass is 9.49. The number of benzene rings is 2. The number of carbonyl (C=O) groups is 2. The Balaban J connectivity index is 1.32. The molecule has 2 aromatic carbocycles. The third-order valence-electron chi connectivity index (χ3n) is 7.35. The summed E-state index contributed by atoms with van der Waals surface area (Å²) in [5.41, 5.74) is 7.15. The summed E-state index contributed by atoms with van der Waals surface area (Å²) in [4.78, 5) is 26.3. The zero-order chi connectivity index (χ0) is 19.8. The van der Waals surface area contributed by atoms with Crippen molar-refractivity contribution in [1.82, 2.24) is 10.9 Å². The van der Waals surface area contributed by atoms with Crippen molar-refractivity contribution in [2.75, 3.05) is 0 Å². The monoisotopic (exact) mass is 388 g/mol. The number of hydrogen-bond acceptors (Lipinski definition) is 2. The van der Waals surface area contributed by atoms with Crippen LogP contribution in [0.5, 0.6) is 0 Å². The minimum Gasteiger partial charge on any atom is -0.273 e. The summed E-state index contributed by atoms with van der Waals surface area (Å²) in [5.74, 6) is 1.47. The van der Waals surface area contributed by atoms with Gasteiger partial charge in [-0.05, 0) is 67.4 Å². The van der Waals surface area contributed by atoms with Gasteiger partial charge in [0.2, 0.25) is 11.8 Å². The fourth-order valence-corrected chi connectivity index (χ4v) is 6.50. The van der Waals surface area contributed by atoms with E-state index in [1.165, 1.54) is 19.3 Å². The Morgan fingerprint density at radius 1 is 0.724 bits per heavy atom. The summed E-state index contributed by atoms with van der Waals surface area (Å²) >= 11 is 0. The minimum absolute atomic E-state index is 0.0184. The molecule has 150 valence electrons. The van der Waals surface area contributed by atoms with Crippen molar-refractivity contribution in [3.63, 3.8) is 0 Å². The molecule has 4 saturated carbocycles. The first-order valence-corrected chi connectivity index (χ1v) is 10.8. The smallest absolute Gasteiger partial charge is 0.250 e. The molecule has 2 amide bonds. The summed E-state index contributed by atoms with van der Waals surface area (Å²) in [7, 11) is 0. The molecule has 4 aliphatic rings. The molecule has 0 aliphatic heterocycles. The van der Waals surface area contributed by atoms with Gasteiger partial charge in [-0.1, -0.05) is 60.7 Å². The van der Waals surface area contributed by atoms with Crippen LogP contribution in [0.1, 0.15) is 55.6 Å². The Labute approximate surface area is 172 Å². The molecule has 4 aliphatic carbocycles. The predicted octanol–water partition coefficient (Wildman–Crippen LogP) is 4.18. The number of hydrazine groups is 1. The van der Waals surface area contributed by atoms with Gasteiger partial charge >= 0.3 is 0 Å². The summed E-state index contributed by atoms with van der Waals surface area (Å²) in [6.07, 6.45) is 6.85. The maximum Gasteiger partial charge on any atom is 0.250 e. The molecule has 4 fully saturated rings. The van der Waals surface area contributed by atoms with Crippen LogP contribution in [-0.2, 0) is 9.59 Å². The van der Waals surface area contributed by atoms with Crippen LogP contribution in [0.4, 0.5) is 0 Å². The van der Waals surface area contributed by atoms with Crippen LogP contribution in [0.3, 0.4) is 0 Å². The molecule has 0 unspecified atom stereocenters. The number of nitrogens with one attached hydrogen (secondary N) is 2. The number of rotatable bonds is 4. The average molecular weight is 389 g/mol. The van der Waals surface area contributed by atoms with E-state index in [4.69, 9.17) is 0 Å². The van der Waals surface area contributed by atoms with E-state index in [2.05, 4.69) is 10.9 Å². The maximum atomic E-state index is 13.2. The lowest BCUT2D eigenvalue weighted by molar-refractivity contribution is -0.149. The molecular formula is C25H28N2O2. The molecule has 4 heteroatoms. The van der Waals surface area contributed by atoms with Crippen LogP contribution >= 0.6 is 0 Å². The molecule has 0 saturated heterocycles. The van der Waals surface area contributed by atoms with Crippen molar-refractivity contribution in [2.45, 2.75) is 44.4 Å². The van der Waals surface area contributed by atoms with Crippen molar-refractivity contribution in [2.24, 2.45) is 23.2 Å². The second-order valence-electron chi connectivity index (χ2n) is 9.40. The van der Waals surface area contributed by atoms with Crippen LogP contribution in [0.25, 0.3) is 0 Å². The van der Waals surface area contributed by atoms with Gasteiger partial charge < -0.3 is 0 Å². The quantitative estimate of drug-likeness (QED) is 0.772. The molecule has 0 heterocycles. The molecule has 0 atom stereocenters. The fourth-order valence-electron chi connectivity index (χ4n) is 6.50. The van der Waals surface area contributed by atoms with E-state index >= 15 is 0 Å². The first kappa shape index (κ1) is 18.4. The van der Waals surface area contributed by atoms with E-state index in [1.54, 1.807) is 0 Å². The summed E-state index contributed by atoms with van der Waals surface area (Å²) in [5, 5.41) is 0. The largest absolute Gasteiger partial charge is 0.273 e. The lowest BCUT2D eigenvalue weighted by Gasteiger charge is -2.55. The predicted molar refractivity (Wildman–Crippen MR) is 112 cm³/mol. The molecule has 0 radical (unpaired) electrons. The standard InChI is InChI=1S/C25H28N2O2/c28-23(22(20-7-3-1-4-8-20)21-9-5-2-6-10-21)26-27-24(29)25-14-17-11-18(15-25)13-19(12-17)16-25/h1-10,17-19,22H,11-16H2,(H,26,28)(H,27,29). The van der Waals surface area contributed by atoms with E-state index in [9.17, 15) is 9.59 Å². The molecule has 0 spiro atoms. The maximum absolute atomic E-state index is 13.2. The highest BCUT2D eigenvalue weighted by atomic mass is 16.2. The Bertz CT molecular complexity index is 819. The zero-order valence-electron chi connectivity index (χ0n) is 16.6. The van der Waals surface area contributed by atoms with E-state index in [0.29, 0.717) is 17.8 Å². The zero-order valence-corrected chi connectivity index (χ0v) is 16.6. The van der Waals surface area contributed by atoms with Crippen LogP contribution in [0, 0.1) is 23.2 Å². The van der Waals surface area contributed by atoms with Crippen LogP contribution < -0.4 is 10.9 Å². The molecule has 6 rings (SSSR count). The molecule has 4 nitrogen and oxygen atoms in total. The molecule has 4 bridgehead atoms. The Kier molecular flexibility index (Phi) is 4.65. The highest BCUT2D eigenvalue weighted by Gasteiger charge is 2.54. The second kappa shape index (κ2) is 7.33. The van der Waals surface area contributed by atoms with Gasteiger partial charge in [-0.3, -0.25) is 20.4 Å². The van der Waals surface area contributed by atoms with Gasteiger partial charge in [-0.25, -0.2) is 0 Å². The summed E-state index contributed by atoms with van der Waals surface area (Å²) in [6.45, 7) is 0. The molecule has 2 aromatic rings. The lowest BCUT2D eigenvalue weighted by Crippen LogP contribution is -2.57. The van der Waals surface area contributed by atoms with Crippen LogP contribution in [0.2, 0.25) is 0 Å². The first-order valence-electron chi connectivity index (χ1n) is 10.8. The van der Waals surface area contributed by atoms with Gasteiger partial charge in [0.05, 0.1) is 11.3 Å². The van der Waals surface area contributed by atoms with Crippen LogP contribution in [-0.4, -0.2) is 11.8 Å². The average Bonchev–Trinajstić information content (AvgIpc) is 2.73. The van der Waals surface area contributed by atoms with E-state index in [0.717, 1.165) is 30.4 Å². The van der Waals surface area contributed by atoms with E-state index < -0.39 is 5.92 Å². The molecule has 29 heavy (non-hydrogen) atoms. The fraction of sp³-hybridized carbons (Fsp3) is 0.440. The highest BCUT2D eigenvalue weighted by Crippen LogP contribution is 2.60. The first-order chi connectivity index (χ1) is 14.1. The van der Waals surface area contributed by atoms with E-state index in [1.807, 2.05) is 60.7 Å². The van der Waals surface area contributed by atoms with Gasteiger partial charge in [0.1, 0.15) is 0 Å². The van der Waals surface area contributed by atoms with Crippen molar-refractivity contribution < 1.29 is 9.59 Å². The molecular weight excluding hydrogens is 360 g/mol. The van der Waals surface area contributed by atoms with Gasteiger partial charge in [-0.15, -0.1) is 0 Å². The van der Waals surface area contributed by atoms with Gasteiger partial charge in [0.15, 0.2) is 0 Å². The third-order valence-corrected chi connectivity index (χ3v) is 7.35. The van der Waals surface area contributed by atoms with Crippen molar-refractivity contribution in [1.29, 1.82) is 0 Å². The Morgan fingerprint density at radius 2 is 1.17 bits per heavy atom. The number of carbonyl (C=O) groups excluding carboxylic acids is 2. The highest BCUT2D eigenvalue weighted by molar-refractivity contribution is 5.90. The van der Waals surface area contributed by atoms with Gasteiger partial charge in [0, 0.05) is 0 Å². The second-order valence-corrected chi connectivity index (χ2v) is 9.40. The van der Waals surface area contributed by atoms with Crippen molar-refractivity contribution in [3.05, 3.63) is 71.8 Å². The Morgan fingerprint density at radius 3 is 1.62 bits per heavy atom. The van der Waals surface area contributed by atoms with Crippen molar-refractivity contribution >= 4 is 11.8 Å². The van der Waals surface area contributed by atoms with E-state index in [-0.39, 0.29) is 17.2 Å². The Hall–Kier alpha value is -2.62. The van der Waals surface area contributed by atoms with Gasteiger partial charge in [0.25, 0.3) is 0 Å². The number of amides is 2. The van der Waals surface area contributed by atoms with Crippen LogP contribution in [0.15, 0.2) is 60.7 Å². The summed E-state index contributed by atoms with van der Waals surface area (Å²) < 4.78 is 0. The third kappa shape index (κ3) is 3.45. The molecule has 2 N–H and O–H groups in total. The topological polar surface area (TPSA) is 58.2 Å². The minimum atomic E-state index is -0.450. The SMILES string of the molecule is O=C(NNC(=O)C12CC3CC(CC(C3)C1)C2)C(c1ccccc1)c1ccccc1. The molecule has 0 aromatic heterocycles. The number of hydrogen-bond donors (Lipinski definition) is 2. The normalized spacial score (nSPS) is 29.6. The van der Waals surface area contributed by atoms with Gasteiger partial charge in [-0.2, -0.15) is 0 Å². The van der Waals surface area contributed by atoms with Crippen molar-refractivity contribution in [3.8, 4) is 0 Å². The summed E-state index contributed by atoms with van der Waals surface area (Å²) in [6, 6.07) is 19.5.